The number of amides is 1. The molecule has 0 bridgehead atoms. The lowest BCUT2D eigenvalue weighted by Gasteiger charge is -2.36. The molecule has 1 atom stereocenters. The molecular formula is C23H32N3O3S+. The molecule has 30 heavy (non-hydrogen) atoms. The van der Waals surface area contributed by atoms with Crippen molar-refractivity contribution in [2.24, 2.45) is 0 Å². The Balaban J connectivity index is 1.56. The highest BCUT2D eigenvalue weighted by Gasteiger charge is 2.35. The Morgan fingerprint density at radius 3 is 2.07 bits per heavy atom. The number of carbonyl (C=O) groups is 1. The maximum atomic E-state index is 13.1. The van der Waals surface area contributed by atoms with E-state index in [0.29, 0.717) is 39.3 Å². The van der Waals surface area contributed by atoms with E-state index in [1.807, 2.05) is 79.4 Å². The Kier molecular flexibility index (Phi) is 7.64. The van der Waals surface area contributed by atoms with E-state index >= 15 is 0 Å². The van der Waals surface area contributed by atoms with Crippen molar-refractivity contribution in [2.45, 2.75) is 32.2 Å². The summed E-state index contributed by atoms with van der Waals surface area (Å²) in [4.78, 5) is 16.1. The van der Waals surface area contributed by atoms with Gasteiger partial charge in [-0.3, -0.25) is 4.79 Å². The average Bonchev–Trinajstić information content (AvgIpc) is 2.77. The molecule has 1 saturated heterocycles. The van der Waals surface area contributed by atoms with Crippen LogP contribution < -0.4 is 4.90 Å². The number of carbonyl (C=O) groups excluding carboxylic acids is 1. The third-order valence-corrected chi connectivity index (χ3v) is 7.69. The molecular weight excluding hydrogens is 398 g/mol. The summed E-state index contributed by atoms with van der Waals surface area (Å²) < 4.78 is 27.1. The minimum absolute atomic E-state index is 0.0261. The Bertz CT molecular complexity index is 911. The standard InChI is InChI=1S/C23H31N3O3S/c1-3-24(18-21-10-6-4-7-11-21)23(27)20(2)25-14-16-26(17-15-25)30(28,29)19-22-12-8-5-9-13-22/h4-13,20H,3,14-19H2,1-2H3/p+1/t20-/m1/s1. The Morgan fingerprint density at radius 1 is 1.00 bits per heavy atom. The van der Waals surface area contributed by atoms with Gasteiger partial charge in [0.25, 0.3) is 5.91 Å². The van der Waals surface area contributed by atoms with Gasteiger partial charge >= 0.3 is 0 Å². The predicted molar refractivity (Wildman–Crippen MR) is 118 cm³/mol. The molecule has 2 aromatic carbocycles. The van der Waals surface area contributed by atoms with Crippen LogP contribution in [0.25, 0.3) is 0 Å². The first-order valence-corrected chi connectivity index (χ1v) is 12.2. The second kappa shape index (κ2) is 10.2. The number of likely N-dealkylation sites (N-methyl/N-ethyl adjacent to an activating group) is 1. The van der Waals surface area contributed by atoms with Crippen LogP contribution in [-0.4, -0.2) is 62.3 Å². The molecule has 3 rings (SSSR count). The minimum Gasteiger partial charge on any atom is -0.334 e. The van der Waals surface area contributed by atoms with Crippen LogP contribution >= 0.6 is 0 Å². The largest absolute Gasteiger partial charge is 0.334 e. The summed E-state index contributed by atoms with van der Waals surface area (Å²) in [6, 6.07) is 19.1. The van der Waals surface area contributed by atoms with Crippen LogP contribution in [0, 0.1) is 0 Å². The smallest absolute Gasteiger partial charge is 0.280 e. The zero-order valence-electron chi connectivity index (χ0n) is 17.8. The lowest BCUT2D eigenvalue weighted by Crippen LogP contribution is -3.19. The quantitative estimate of drug-likeness (QED) is 0.684. The van der Waals surface area contributed by atoms with E-state index in [1.54, 1.807) is 4.31 Å². The first-order chi connectivity index (χ1) is 14.4. The number of hydrogen-bond donors (Lipinski definition) is 1. The topological polar surface area (TPSA) is 62.1 Å². The van der Waals surface area contributed by atoms with Gasteiger partial charge in [-0.05, 0) is 25.0 Å². The third kappa shape index (κ3) is 5.68. The maximum absolute atomic E-state index is 13.1. The molecule has 0 aliphatic carbocycles. The van der Waals surface area contributed by atoms with Gasteiger partial charge in [-0.2, -0.15) is 4.31 Å². The summed E-state index contributed by atoms with van der Waals surface area (Å²) in [5.74, 6) is 0.148. The molecule has 1 N–H and O–H groups in total. The molecule has 7 heteroatoms. The Labute approximate surface area is 180 Å². The molecule has 1 aliphatic heterocycles. The van der Waals surface area contributed by atoms with Crippen molar-refractivity contribution in [2.75, 3.05) is 32.7 Å². The van der Waals surface area contributed by atoms with Crippen LogP contribution in [0.2, 0.25) is 0 Å². The lowest BCUT2D eigenvalue weighted by molar-refractivity contribution is -0.918. The van der Waals surface area contributed by atoms with Gasteiger partial charge in [0, 0.05) is 13.1 Å². The maximum Gasteiger partial charge on any atom is 0.280 e. The van der Waals surface area contributed by atoms with Gasteiger partial charge in [0.05, 0.1) is 31.9 Å². The summed E-state index contributed by atoms with van der Waals surface area (Å²) in [5, 5.41) is 0. The van der Waals surface area contributed by atoms with E-state index in [0.717, 1.165) is 16.0 Å². The molecule has 1 fully saturated rings. The predicted octanol–water partition coefficient (Wildman–Crippen LogP) is 1.15. The van der Waals surface area contributed by atoms with Gasteiger partial charge in [-0.25, -0.2) is 8.42 Å². The highest BCUT2D eigenvalue weighted by molar-refractivity contribution is 7.88. The van der Waals surface area contributed by atoms with E-state index < -0.39 is 10.0 Å². The zero-order valence-corrected chi connectivity index (χ0v) is 18.6. The number of hydrogen-bond acceptors (Lipinski definition) is 3. The monoisotopic (exact) mass is 430 g/mol. The molecule has 6 nitrogen and oxygen atoms in total. The van der Waals surface area contributed by atoms with Crippen LogP contribution in [0.4, 0.5) is 0 Å². The summed E-state index contributed by atoms with van der Waals surface area (Å²) in [6.07, 6.45) is 0. The van der Waals surface area contributed by atoms with Crippen LogP contribution in [0.3, 0.4) is 0 Å². The van der Waals surface area contributed by atoms with Gasteiger partial charge in [-0.15, -0.1) is 0 Å². The fourth-order valence-corrected chi connectivity index (χ4v) is 5.49. The van der Waals surface area contributed by atoms with Gasteiger partial charge in [0.2, 0.25) is 10.0 Å². The number of nitrogens with zero attached hydrogens (tertiary/aromatic N) is 2. The normalized spacial score (nSPS) is 16.9. The van der Waals surface area contributed by atoms with Gasteiger partial charge in [0.15, 0.2) is 6.04 Å². The van der Waals surface area contributed by atoms with Crippen molar-refractivity contribution < 1.29 is 18.1 Å². The van der Waals surface area contributed by atoms with Crippen molar-refractivity contribution in [1.82, 2.24) is 9.21 Å². The first kappa shape index (κ1) is 22.5. The van der Waals surface area contributed by atoms with Crippen molar-refractivity contribution in [3.63, 3.8) is 0 Å². The molecule has 0 unspecified atom stereocenters. The molecule has 0 radical (unpaired) electrons. The summed E-state index contributed by atoms with van der Waals surface area (Å²) in [5.41, 5.74) is 1.92. The van der Waals surface area contributed by atoms with Crippen LogP contribution in [0.5, 0.6) is 0 Å². The Morgan fingerprint density at radius 2 is 1.53 bits per heavy atom. The van der Waals surface area contributed by atoms with Crippen molar-refractivity contribution in [1.29, 1.82) is 0 Å². The van der Waals surface area contributed by atoms with E-state index in [-0.39, 0.29) is 17.7 Å². The van der Waals surface area contributed by atoms with Crippen molar-refractivity contribution in [3.8, 4) is 0 Å². The molecule has 162 valence electrons. The number of sulfonamides is 1. The molecule has 0 aromatic heterocycles. The minimum atomic E-state index is -3.34. The van der Waals surface area contributed by atoms with Gasteiger partial charge in [0.1, 0.15) is 0 Å². The van der Waals surface area contributed by atoms with E-state index in [4.69, 9.17) is 0 Å². The summed E-state index contributed by atoms with van der Waals surface area (Å²) >= 11 is 0. The number of nitrogens with one attached hydrogen (secondary N) is 1. The van der Waals surface area contributed by atoms with E-state index in [9.17, 15) is 13.2 Å². The molecule has 1 heterocycles. The van der Waals surface area contributed by atoms with Crippen molar-refractivity contribution in [3.05, 3.63) is 71.8 Å². The fraction of sp³-hybridized carbons (Fsp3) is 0.435. The lowest BCUT2D eigenvalue weighted by atomic mass is 10.1. The molecule has 1 amide bonds. The molecule has 2 aromatic rings. The third-order valence-electron chi connectivity index (χ3n) is 5.84. The van der Waals surface area contributed by atoms with Crippen molar-refractivity contribution >= 4 is 15.9 Å². The highest BCUT2D eigenvalue weighted by atomic mass is 32.2. The van der Waals surface area contributed by atoms with Crippen LogP contribution in [0.1, 0.15) is 25.0 Å². The van der Waals surface area contributed by atoms with Gasteiger partial charge < -0.3 is 9.80 Å². The SMILES string of the molecule is CCN(Cc1ccccc1)C(=O)[C@@H](C)[NH+]1CCN(S(=O)(=O)Cc2ccccc2)CC1. The second-order valence-electron chi connectivity index (χ2n) is 7.86. The van der Waals surface area contributed by atoms with Crippen LogP contribution in [-0.2, 0) is 27.1 Å². The van der Waals surface area contributed by atoms with Crippen LogP contribution in [0.15, 0.2) is 60.7 Å². The fourth-order valence-electron chi connectivity index (χ4n) is 3.96. The molecule has 0 saturated carbocycles. The summed E-state index contributed by atoms with van der Waals surface area (Å²) in [7, 11) is -3.34. The zero-order chi connectivity index (χ0) is 21.6. The average molecular weight is 431 g/mol. The number of quaternary nitrogens is 1. The molecule has 0 spiro atoms. The number of piperazine rings is 1. The second-order valence-corrected chi connectivity index (χ2v) is 9.83. The number of rotatable bonds is 8. The van der Waals surface area contributed by atoms with Gasteiger partial charge in [-0.1, -0.05) is 60.7 Å². The van der Waals surface area contributed by atoms with E-state index in [1.165, 1.54) is 0 Å². The summed E-state index contributed by atoms with van der Waals surface area (Å²) in [6.45, 7) is 7.40. The highest BCUT2D eigenvalue weighted by Crippen LogP contribution is 2.11. The Hall–Kier alpha value is -2.22. The first-order valence-electron chi connectivity index (χ1n) is 10.6. The molecule has 1 aliphatic rings. The number of benzene rings is 2. The van der Waals surface area contributed by atoms with E-state index in [2.05, 4.69) is 0 Å².